The fraction of sp³-hybridized carbons (Fsp3) is 1.00. The topological polar surface area (TPSA) is 46.2 Å². The fourth-order valence-corrected chi connectivity index (χ4v) is 0.158. The van der Waals surface area contributed by atoms with Gasteiger partial charge in [0.2, 0.25) is 0 Å². The summed E-state index contributed by atoms with van der Waals surface area (Å²) in [5.41, 5.74) is 0. The lowest BCUT2D eigenvalue weighted by atomic mass is 10.4. The second-order valence-electron chi connectivity index (χ2n) is 1.08. The highest BCUT2D eigenvalue weighted by Gasteiger charge is 1.69. The maximum atomic E-state index is 8.07. The van der Waals surface area contributed by atoms with E-state index in [1.807, 2.05) is 0 Å². The third-order valence-corrected chi connectivity index (χ3v) is 0.512. The van der Waals surface area contributed by atoms with Crippen molar-refractivity contribution in [3.63, 3.8) is 0 Å². The Morgan fingerprint density at radius 3 is 2.00 bits per heavy atom. The van der Waals surface area contributed by atoms with Crippen LogP contribution in [0.2, 0.25) is 0 Å². The predicted octanol–water partition coefficient (Wildman–Crippen LogP) is 0.878. The van der Waals surface area contributed by atoms with E-state index in [0.717, 1.165) is 12.8 Å². The Bertz CT molecular complexity index is 19.2. The minimum absolute atomic E-state index is 0.344. The normalized spacial score (nSPS) is 6.86. The van der Waals surface area contributed by atoms with Crippen molar-refractivity contribution in [1.82, 2.24) is 0 Å². The first kappa shape index (κ1) is 10.2. The van der Waals surface area contributed by atoms with Gasteiger partial charge in [-0.2, -0.15) is 0 Å². The summed E-state index contributed by atoms with van der Waals surface area (Å²) in [4.78, 5) is 0. The summed E-state index contributed by atoms with van der Waals surface area (Å²) in [6.45, 7) is 2.40. The van der Waals surface area contributed by atoms with Gasteiger partial charge >= 0.3 is 0 Å². The molecule has 0 aliphatic rings. The van der Waals surface area contributed by atoms with E-state index in [1.165, 1.54) is 0 Å². The summed E-state index contributed by atoms with van der Waals surface area (Å²) in [7, 11) is 0. The summed E-state index contributed by atoms with van der Waals surface area (Å²) in [6, 6.07) is 0. The zero-order valence-corrected chi connectivity index (χ0v) is 5.28. The second-order valence-corrected chi connectivity index (χ2v) is 1.08. The maximum Gasteiger partial charge on any atom is 0.0430 e. The number of hydrogen-bond donors (Lipinski definition) is 2. The summed E-state index contributed by atoms with van der Waals surface area (Å²) in [6.07, 6.45) is 2.04. The standard InChI is InChI=1S/C4H10O.ClH2N/c1-2-3-4-5;1-2/h5H,2-4H2,1H3;2H2. The van der Waals surface area contributed by atoms with Crippen LogP contribution in [0.4, 0.5) is 0 Å². The van der Waals surface area contributed by atoms with Crippen molar-refractivity contribution < 1.29 is 5.11 Å². The number of rotatable bonds is 2. The zero-order valence-electron chi connectivity index (χ0n) is 4.52. The first-order valence-electron chi connectivity index (χ1n) is 2.24. The van der Waals surface area contributed by atoms with Crippen LogP contribution in [0.25, 0.3) is 0 Å². The summed E-state index contributed by atoms with van der Waals surface area (Å²) < 4.78 is 0. The van der Waals surface area contributed by atoms with Gasteiger partial charge in [0.05, 0.1) is 0 Å². The number of halogens is 1. The van der Waals surface area contributed by atoms with Crippen LogP contribution in [0.5, 0.6) is 0 Å². The van der Waals surface area contributed by atoms with Crippen LogP contribution >= 0.6 is 11.8 Å². The van der Waals surface area contributed by atoms with Gasteiger partial charge < -0.3 is 5.11 Å². The lowest BCUT2D eigenvalue weighted by Gasteiger charge is -1.79. The van der Waals surface area contributed by atoms with E-state index >= 15 is 0 Å². The molecule has 0 saturated heterocycles. The molecule has 0 spiro atoms. The first-order valence-corrected chi connectivity index (χ1v) is 2.68. The van der Waals surface area contributed by atoms with Gasteiger partial charge in [-0.1, -0.05) is 13.3 Å². The molecule has 0 aliphatic heterocycles. The van der Waals surface area contributed by atoms with E-state index in [1.54, 1.807) is 0 Å². The Morgan fingerprint density at radius 1 is 1.57 bits per heavy atom. The average molecular weight is 126 g/mol. The van der Waals surface area contributed by atoms with Gasteiger partial charge in [0, 0.05) is 6.61 Å². The molecule has 0 amide bonds. The summed E-state index contributed by atoms with van der Waals surface area (Å²) in [5, 5.41) is 12.0. The number of unbranched alkanes of at least 4 members (excludes halogenated alkanes) is 1. The SMILES string of the molecule is CCCCO.NCl. The molecular formula is C4H12ClNO. The Kier molecular flexibility index (Phi) is 23.9. The molecule has 3 N–H and O–H groups in total. The van der Waals surface area contributed by atoms with Crippen molar-refractivity contribution in [2.75, 3.05) is 6.61 Å². The molecule has 0 rings (SSSR count). The second kappa shape index (κ2) is 16.4. The molecule has 46 valence electrons. The van der Waals surface area contributed by atoms with Crippen LogP contribution in [0, 0.1) is 0 Å². The van der Waals surface area contributed by atoms with Crippen molar-refractivity contribution in [3.05, 3.63) is 0 Å². The number of nitrogens with two attached hydrogens (primary N) is 1. The molecule has 0 saturated carbocycles. The third kappa shape index (κ3) is 22.5. The molecule has 0 aromatic carbocycles. The Labute approximate surface area is 49.4 Å². The van der Waals surface area contributed by atoms with E-state index < -0.39 is 0 Å². The van der Waals surface area contributed by atoms with Gasteiger partial charge in [-0.15, -0.1) is 0 Å². The summed E-state index contributed by atoms with van der Waals surface area (Å²) in [5.74, 6) is 0. The van der Waals surface area contributed by atoms with Gasteiger partial charge in [-0.05, 0) is 18.2 Å². The lowest BCUT2D eigenvalue weighted by molar-refractivity contribution is 0.287. The Morgan fingerprint density at radius 2 is 2.00 bits per heavy atom. The first-order chi connectivity index (χ1) is 3.41. The molecule has 0 heterocycles. The van der Waals surface area contributed by atoms with Crippen molar-refractivity contribution in [3.8, 4) is 0 Å². The Hall–Kier alpha value is 0.210. The van der Waals surface area contributed by atoms with E-state index in [0.29, 0.717) is 6.61 Å². The van der Waals surface area contributed by atoms with E-state index in [2.05, 4.69) is 24.0 Å². The minimum Gasteiger partial charge on any atom is -0.396 e. The van der Waals surface area contributed by atoms with Crippen LogP contribution < -0.4 is 5.25 Å². The van der Waals surface area contributed by atoms with E-state index in [4.69, 9.17) is 5.11 Å². The maximum absolute atomic E-state index is 8.07. The quantitative estimate of drug-likeness (QED) is 0.539. The molecule has 0 bridgehead atoms. The highest BCUT2D eigenvalue weighted by molar-refractivity contribution is 6.11. The molecule has 0 aromatic heterocycles. The van der Waals surface area contributed by atoms with Gasteiger partial charge in [0.1, 0.15) is 0 Å². The molecule has 3 heteroatoms. The van der Waals surface area contributed by atoms with Gasteiger partial charge in [0.25, 0.3) is 0 Å². The van der Waals surface area contributed by atoms with Crippen LogP contribution in [-0.2, 0) is 0 Å². The highest BCUT2D eigenvalue weighted by Crippen LogP contribution is 1.78. The van der Waals surface area contributed by atoms with Crippen LogP contribution in [0.1, 0.15) is 19.8 Å². The molecule has 0 aliphatic carbocycles. The molecule has 0 aromatic rings. The smallest absolute Gasteiger partial charge is 0.0430 e. The molecule has 7 heavy (non-hydrogen) atoms. The van der Waals surface area contributed by atoms with Gasteiger partial charge in [-0.3, -0.25) is 0 Å². The molecule has 0 radical (unpaired) electrons. The van der Waals surface area contributed by atoms with Gasteiger partial charge in [0.15, 0.2) is 0 Å². The number of aliphatic hydroxyl groups is 1. The predicted molar refractivity (Wildman–Crippen MR) is 32.0 cm³/mol. The summed E-state index contributed by atoms with van der Waals surface area (Å²) >= 11 is 4.14. The number of aliphatic hydroxyl groups excluding tert-OH is 1. The monoisotopic (exact) mass is 125 g/mol. The van der Waals surface area contributed by atoms with E-state index in [9.17, 15) is 0 Å². The Balaban J connectivity index is 0. The van der Waals surface area contributed by atoms with Crippen LogP contribution in [0.15, 0.2) is 0 Å². The molecule has 0 atom stereocenters. The third-order valence-electron chi connectivity index (χ3n) is 0.512. The zero-order chi connectivity index (χ0) is 6.12. The molecule has 2 nitrogen and oxygen atoms in total. The lowest BCUT2D eigenvalue weighted by Crippen LogP contribution is -1.75. The van der Waals surface area contributed by atoms with Crippen molar-refractivity contribution in [2.24, 2.45) is 5.25 Å². The largest absolute Gasteiger partial charge is 0.396 e. The molecule has 0 unspecified atom stereocenters. The van der Waals surface area contributed by atoms with Gasteiger partial charge in [-0.25, -0.2) is 5.25 Å². The molecule has 0 fully saturated rings. The van der Waals surface area contributed by atoms with Crippen LogP contribution in [0.3, 0.4) is 0 Å². The minimum atomic E-state index is 0.344. The fourth-order valence-electron chi connectivity index (χ4n) is 0.158. The number of hydrogen-bond acceptors (Lipinski definition) is 2. The molecular weight excluding hydrogens is 114 g/mol. The highest BCUT2D eigenvalue weighted by atomic mass is 35.5. The van der Waals surface area contributed by atoms with Crippen LogP contribution in [-0.4, -0.2) is 11.7 Å². The average Bonchev–Trinajstić information content (AvgIpc) is 1.75. The van der Waals surface area contributed by atoms with Crippen molar-refractivity contribution in [1.29, 1.82) is 0 Å². The van der Waals surface area contributed by atoms with E-state index in [-0.39, 0.29) is 0 Å². The van der Waals surface area contributed by atoms with Crippen molar-refractivity contribution >= 4 is 11.8 Å². The van der Waals surface area contributed by atoms with Crippen molar-refractivity contribution in [2.45, 2.75) is 19.8 Å².